The molecule has 0 heterocycles. The highest BCUT2D eigenvalue weighted by molar-refractivity contribution is 5.81. The Hall–Kier alpha value is -1.59. The lowest BCUT2D eigenvalue weighted by molar-refractivity contribution is -0.122. The molecular weight excluding hydrogens is 266 g/mol. The van der Waals surface area contributed by atoms with Crippen molar-refractivity contribution in [1.29, 1.82) is 0 Å². The number of carbonyl (C=O) groups is 1. The van der Waals surface area contributed by atoms with Crippen LogP contribution in [0.3, 0.4) is 0 Å². The van der Waals surface area contributed by atoms with Gasteiger partial charge >= 0.3 is 0 Å². The Morgan fingerprint density at radius 2 is 1.90 bits per heavy atom. The van der Waals surface area contributed by atoms with Gasteiger partial charge in [-0.25, -0.2) is 0 Å². The highest BCUT2D eigenvalue weighted by Crippen LogP contribution is 2.14. The van der Waals surface area contributed by atoms with E-state index in [1.54, 1.807) is 24.3 Å². The van der Waals surface area contributed by atoms with E-state index in [1.165, 1.54) is 0 Å². The summed E-state index contributed by atoms with van der Waals surface area (Å²) in [6, 6.07) is 6.17. The maximum atomic E-state index is 12.0. The number of amides is 1. The van der Waals surface area contributed by atoms with Crippen molar-refractivity contribution < 1.29 is 9.90 Å². The van der Waals surface area contributed by atoms with Crippen LogP contribution < -0.4 is 11.1 Å². The molecule has 0 bridgehead atoms. The van der Waals surface area contributed by atoms with Crippen LogP contribution in [-0.4, -0.2) is 49.1 Å². The number of hydrogen-bond donors (Lipinski definition) is 3. The maximum absolute atomic E-state index is 12.0. The van der Waals surface area contributed by atoms with Crippen molar-refractivity contribution >= 4 is 5.91 Å². The number of nitrogens with two attached hydrogens (primary N) is 1. The van der Waals surface area contributed by atoms with Gasteiger partial charge in [-0.3, -0.25) is 4.79 Å². The van der Waals surface area contributed by atoms with Crippen LogP contribution >= 0.6 is 0 Å². The van der Waals surface area contributed by atoms with Gasteiger partial charge in [0.05, 0.1) is 6.04 Å². The molecule has 4 N–H and O–H groups in total. The highest BCUT2D eigenvalue weighted by Gasteiger charge is 2.21. The molecule has 1 aromatic carbocycles. The van der Waals surface area contributed by atoms with Crippen molar-refractivity contribution in [3.8, 4) is 5.75 Å². The standard InChI is InChI=1S/C16H27N3O2/c1-16(2,11-19(3)4)10-18-15(21)14(17)9-12-5-7-13(20)8-6-12/h5-8,14,20H,9-11,17H2,1-4H3,(H,18,21)/t14-/m0/s1. The zero-order chi connectivity index (χ0) is 16.0. The first-order valence-corrected chi connectivity index (χ1v) is 7.15. The molecule has 1 atom stereocenters. The third-order valence-corrected chi connectivity index (χ3v) is 3.21. The SMILES string of the molecule is CN(C)CC(C)(C)CNC(=O)[C@@H](N)Cc1ccc(O)cc1. The lowest BCUT2D eigenvalue weighted by atomic mass is 9.92. The van der Waals surface area contributed by atoms with Gasteiger partial charge in [0.2, 0.25) is 5.91 Å². The molecule has 0 spiro atoms. The summed E-state index contributed by atoms with van der Waals surface area (Å²) in [7, 11) is 4.03. The first-order chi connectivity index (χ1) is 9.69. The normalized spacial score (nSPS) is 13.2. The second-order valence-electron chi connectivity index (χ2n) is 6.60. The first kappa shape index (κ1) is 17.5. The Morgan fingerprint density at radius 3 is 2.43 bits per heavy atom. The fraction of sp³-hybridized carbons (Fsp3) is 0.562. The van der Waals surface area contributed by atoms with Crippen molar-refractivity contribution in [1.82, 2.24) is 10.2 Å². The lowest BCUT2D eigenvalue weighted by Gasteiger charge is -2.29. The lowest BCUT2D eigenvalue weighted by Crippen LogP contribution is -2.47. The molecule has 0 fully saturated rings. The van der Waals surface area contributed by atoms with Gasteiger partial charge in [-0.1, -0.05) is 26.0 Å². The van der Waals surface area contributed by atoms with Gasteiger partial charge < -0.3 is 21.1 Å². The molecule has 0 aliphatic rings. The van der Waals surface area contributed by atoms with Crippen molar-refractivity contribution in [2.75, 3.05) is 27.2 Å². The van der Waals surface area contributed by atoms with Gasteiger partial charge in [-0.05, 0) is 43.6 Å². The van der Waals surface area contributed by atoms with Crippen LogP contribution in [0.1, 0.15) is 19.4 Å². The van der Waals surface area contributed by atoms with Crippen LogP contribution in [0.2, 0.25) is 0 Å². The van der Waals surface area contributed by atoms with E-state index >= 15 is 0 Å². The number of phenols is 1. The zero-order valence-electron chi connectivity index (χ0n) is 13.4. The van der Waals surface area contributed by atoms with Crippen molar-refractivity contribution in [2.24, 2.45) is 11.1 Å². The van der Waals surface area contributed by atoms with Gasteiger partial charge in [0, 0.05) is 13.1 Å². The third kappa shape index (κ3) is 6.60. The summed E-state index contributed by atoms with van der Waals surface area (Å²) < 4.78 is 0. The average molecular weight is 293 g/mol. The summed E-state index contributed by atoms with van der Waals surface area (Å²) in [6.45, 7) is 5.70. The van der Waals surface area contributed by atoms with Crippen LogP contribution in [-0.2, 0) is 11.2 Å². The number of hydrogen-bond acceptors (Lipinski definition) is 4. The minimum absolute atomic E-state index is 0.00256. The van der Waals surface area contributed by atoms with Crippen LogP contribution in [0.4, 0.5) is 0 Å². The van der Waals surface area contributed by atoms with Gasteiger partial charge in [-0.15, -0.1) is 0 Å². The first-order valence-electron chi connectivity index (χ1n) is 7.15. The fourth-order valence-electron chi connectivity index (χ4n) is 2.35. The number of phenolic OH excluding ortho intramolecular Hbond substituents is 1. The number of benzene rings is 1. The molecule has 5 nitrogen and oxygen atoms in total. The summed E-state index contributed by atoms with van der Waals surface area (Å²) in [4.78, 5) is 14.1. The quantitative estimate of drug-likeness (QED) is 0.700. The summed E-state index contributed by atoms with van der Waals surface area (Å²) in [5.41, 5.74) is 6.86. The Labute approximate surface area is 127 Å². The Kier molecular flexibility index (Phi) is 6.18. The van der Waals surface area contributed by atoms with E-state index in [-0.39, 0.29) is 17.1 Å². The Bertz CT molecular complexity index is 455. The summed E-state index contributed by atoms with van der Waals surface area (Å²) >= 11 is 0. The van der Waals surface area contributed by atoms with Crippen molar-refractivity contribution in [3.63, 3.8) is 0 Å². The molecule has 0 saturated carbocycles. The molecule has 1 aromatic rings. The summed E-state index contributed by atoms with van der Waals surface area (Å²) in [6.07, 6.45) is 0.459. The number of rotatable bonds is 7. The van der Waals surface area contributed by atoms with E-state index in [2.05, 4.69) is 24.1 Å². The monoisotopic (exact) mass is 293 g/mol. The molecule has 0 unspecified atom stereocenters. The van der Waals surface area contributed by atoms with Crippen molar-refractivity contribution in [2.45, 2.75) is 26.3 Å². The van der Waals surface area contributed by atoms with Crippen molar-refractivity contribution in [3.05, 3.63) is 29.8 Å². The molecule has 21 heavy (non-hydrogen) atoms. The van der Waals surface area contributed by atoms with E-state index in [4.69, 9.17) is 5.73 Å². The van der Waals surface area contributed by atoms with E-state index < -0.39 is 6.04 Å². The minimum atomic E-state index is -0.579. The molecule has 1 rings (SSSR count). The number of nitrogens with one attached hydrogen (secondary N) is 1. The predicted molar refractivity (Wildman–Crippen MR) is 85.1 cm³/mol. The smallest absolute Gasteiger partial charge is 0.237 e. The molecule has 118 valence electrons. The Morgan fingerprint density at radius 1 is 1.33 bits per heavy atom. The molecule has 0 saturated heterocycles. The fourth-order valence-corrected chi connectivity index (χ4v) is 2.35. The molecule has 0 aliphatic carbocycles. The van der Waals surface area contributed by atoms with E-state index in [9.17, 15) is 9.90 Å². The molecule has 0 aromatic heterocycles. The minimum Gasteiger partial charge on any atom is -0.508 e. The molecular formula is C16H27N3O2. The summed E-state index contributed by atoms with van der Waals surface area (Å²) in [5.74, 6) is 0.0668. The van der Waals surface area contributed by atoms with Crippen LogP contribution in [0.25, 0.3) is 0 Å². The number of nitrogens with zero attached hydrogens (tertiary/aromatic N) is 1. The van der Waals surface area contributed by atoms with E-state index in [0.717, 1.165) is 12.1 Å². The molecule has 0 aliphatic heterocycles. The second kappa shape index (κ2) is 7.43. The van der Waals surface area contributed by atoms with E-state index in [0.29, 0.717) is 13.0 Å². The molecule has 5 heteroatoms. The summed E-state index contributed by atoms with van der Waals surface area (Å²) in [5, 5.41) is 12.2. The Balaban J connectivity index is 2.46. The van der Waals surface area contributed by atoms with Gasteiger partial charge in [0.15, 0.2) is 0 Å². The highest BCUT2D eigenvalue weighted by atomic mass is 16.3. The average Bonchev–Trinajstić information content (AvgIpc) is 2.37. The number of aromatic hydroxyl groups is 1. The molecule has 0 radical (unpaired) electrons. The topological polar surface area (TPSA) is 78.6 Å². The second-order valence-corrected chi connectivity index (χ2v) is 6.60. The number of carbonyl (C=O) groups excluding carboxylic acids is 1. The zero-order valence-corrected chi connectivity index (χ0v) is 13.4. The van der Waals surface area contributed by atoms with Gasteiger partial charge in [0.25, 0.3) is 0 Å². The third-order valence-electron chi connectivity index (χ3n) is 3.21. The van der Waals surface area contributed by atoms with Crippen LogP contribution in [0, 0.1) is 5.41 Å². The van der Waals surface area contributed by atoms with Crippen LogP contribution in [0.15, 0.2) is 24.3 Å². The predicted octanol–water partition coefficient (Wildman–Crippen LogP) is 0.966. The molecule has 1 amide bonds. The van der Waals surface area contributed by atoms with E-state index in [1.807, 2.05) is 14.1 Å². The maximum Gasteiger partial charge on any atom is 0.237 e. The largest absolute Gasteiger partial charge is 0.508 e. The van der Waals surface area contributed by atoms with Gasteiger partial charge in [0.1, 0.15) is 5.75 Å². The van der Waals surface area contributed by atoms with Crippen LogP contribution in [0.5, 0.6) is 5.75 Å². The van der Waals surface area contributed by atoms with Gasteiger partial charge in [-0.2, -0.15) is 0 Å².